The van der Waals surface area contributed by atoms with Gasteiger partial charge in [0.2, 0.25) is 0 Å². The Labute approximate surface area is 143 Å². The average molecular weight is 328 g/mol. The van der Waals surface area contributed by atoms with E-state index in [1.807, 2.05) is 24.3 Å². The Morgan fingerprint density at radius 2 is 1.48 bits per heavy atom. The quantitative estimate of drug-likeness (QED) is 0.449. The van der Waals surface area contributed by atoms with Gasteiger partial charge in [0.25, 0.3) is 0 Å². The fourth-order valence-electron chi connectivity index (χ4n) is 2.50. The minimum Gasteiger partial charge on any atom is -0.411 e. The van der Waals surface area contributed by atoms with Crippen LogP contribution in [0.25, 0.3) is 0 Å². The minimum absolute atomic E-state index is 0.273. The van der Waals surface area contributed by atoms with Crippen LogP contribution in [-0.4, -0.2) is 26.2 Å². The van der Waals surface area contributed by atoms with Crippen LogP contribution in [0.5, 0.6) is 0 Å². The van der Waals surface area contributed by atoms with Gasteiger partial charge in [-0.3, -0.25) is 0 Å². The summed E-state index contributed by atoms with van der Waals surface area (Å²) in [6.45, 7) is 0. The van der Waals surface area contributed by atoms with E-state index in [2.05, 4.69) is 27.4 Å². The maximum absolute atomic E-state index is 8.97. The number of nitriles is 2. The summed E-state index contributed by atoms with van der Waals surface area (Å²) in [5, 5.41) is 33.8. The van der Waals surface area contributed by atoms with Gasteiger partial charge >= 0.3 is 0 Å². The summed E-state index contributed by atoms with van der Waals surface area (Å²) in [6, 6.07) is 18.2. The largest absolute Gasteiger partial charge is 0.411 e. The molecule has 0 aliphatic heterocycles. The van der Waals surface area contributed by atoms with E-state index in [0.29, 0.717) is 11.1 Å². The van der Waals surface area contributed by atoms with Gasteiger partial charge in [-0.05, 0) is 35.4 Å². The van der Waals surface area contributed by atoms with Gasteiger partial charge in [-0.15, -0.1) is 5.10 Å². The Morgan fingerprint density at radius 1 is 0.960 bits per heavy atom. The van der Waals surface area contributed by atoms with Crippen molar-refractivity contribution < 1.29 is 5.21 Å². The molecule has 3 aromatic rings. The molecule has 0 saturated heterocycles. The van der Waals surface area contributed by atoms with Crippen LogP contribution in [0.4, 0.5) is 0 Å². The molecule has 25 heavy (non-hydrogen) atoms. The second kappa shape index (κ2) is 7.07. The van der Waals surface area contributed by atoms with Crippen molar-refractivity contribution in [2.75, 3.05) is 0 Å². The lowest BCUT2D eigenvalue weighted by molar-refractivity contribution is 0.321. The van der Waals surface area contributed by atoms with Gasteiger partial charge in [0, 0.05) is 0 Å². The highest BCUT2D eigenvalue weighted by Gasteiger charge is 2.18. The zero-order valence-electron chi connectivity index (χ0n) is 13.0. The van der Waals surface area contributed by atoms with Gasteiger partial charge in [-0.2, -0.15) is 10.5 Å². The van der Waals surface area contributed by atoms with Crippen LogP contribution in [0.2, 0.25) is 0 Å². The predicted molar refractivity (Wildman–Crippen MR) is 89.0 cm³/mol. The summed E-state index contributed by atoms with van der Waals surface area (Å²) in [4.78, 5) is 4.08. The van der Waals surface area contributed by atoms with Crippen molar-refractivity contribution in [1.82, 2.24) is 14.8 Å². The number of oxime groups is 1. The minimum atomic E-state index is -0.297. The van der Waals surface area contributed by atoms with Crippen LogP contribution >= 0.6 is 0 Å². The van der Waals surface area contributed by atoms with Crippen LogP contribution in [0.1, 0.15) is 34.1 Å². The van der Waals surface area contributed by atoms with Gasteiger partial charge in [-0.1, -0.05) is 29.4 Å². The molecule has 2 aromatic carbocycles. The molecule has 0 aliphatic carbocycles. The highest BCUT2D eigenvalue weighted by molar-refractivity contribution is 5.73. The number of aromatic nitrogens is 3. The third-order valence-electron chi connectivity index (χ3n) is 3.68. The molecule has 0 saturated carbocycles. The van der Waals surface area contributed by atoms with Gasteiger partial charge in [0.1, 0.15) is 18.6 Å². The number of nitrogens with zero attached hydrogens (tertiary/aromatic N) is 6. The van der Waals surface area contributed by atoms with Crippen LogP contribution in [0.15, 0.2) is 60.0 Å². The molecule has 0 spiro atoms. The Kier molecular flexibility index (Phi) is 4.50. The molecule has 0 radical (unpaired) electrons. The Bertz CT molecular complexity index is 917. The average Bonchev–Trinajstić information content (AvgIpc) is 3.11. The van der Waals surface area contributed by atoms with E-state index < -0.39 is 0 Å². The lowest BCUT2D eigenvalue weighted by Gasteiger charge is -2.18. The molecule has 0 bridgehead atoms. The molecule has 7 nitrogen and oxygen atoms in total. The molecular formula is C18H12N6O. The maximum atomic E-state index is 8.97. The molecule has 0 unspecified atom stereocenters. The summed E-state index contributed by atoms with van der Waals surface area (Å²) in [6.07, 6.45) is 2.68. The first-order valence-corrected chi connectivity index (χ1v) is 7.34. The Morgan fingerprint density at radius 3 is 1.92 bits per heavy atom. The van der Waals surface area contributed by atoms with Crippen molar-refractivity contribution >= 4 is 6.21 Å². The van der Waals surface area contributed by atoms with E-state index in [4.69, 9.17) is 15.7 Å². The molecule has 0 fully saturated rings. The van der Waals surface area contributed by atoms with Crippen molar-refractivity contribution in [3.05, 3.63) is 82.9 Å². The number of benzene rings is 2. The van der Waals surface area contributed by atoms with Crippen molar-refractivity contribution in [3.8, 4) is 12.1 Å². The zero-order chi connectivity index (χ0) is 17.6. The molecule has 1 aromatic heterocycles. The highest BCUT2D eigenvalue weighted by Crippen LogP contribution is 2.26. The summed E-state index contributed by atoms with van der Waals surface area (Å²) >= 11 is 0. The van der Waals surface area contributed by atoms with Crippen LogP contribution < -0.4 is 0 Å². The first kappa shape index (κ1) is 15.9. The number of rotatable bonds is 4. The molecule has 1 heterocycles. The van der Waals surface area contributed by atoms with Crippen molar-refractivity contribution in [2.45, 2.75) is 6.04 Å². The lowest BCUT2D eigenvalue weighted by Crippen LogP contribution is -2.13. The summed E-state index contributed by atoms with van der Waals surface area (Å²) in [5.41, 5.74) is 2.94. The summed E-state index contributed by atoms with van der Waals surface area (Å²) in [5.74, 6) is 0.273. The molecule has 7 heteroatoms. The monoisotopic (exact) mass is 328 g/mol. The fraction of sp³-hybridized carbons (Fsp3) is 0.0556. The fourth-order valence-corrected chi connectivity index (χ4v) is 2.50. The van der Waals surface area contributed by atoms with Gasteiger partial charge in [0.05, 0.1) is 23.3 Å². The van der Waals surface area contributed by atoms with E-state index in [9.17, 15) is 0 Å². The molecule has 0 amide bonds. The van der Waals surface area contributed by atoms with Crippen LogP contribution in [-0.2, 0) is 0 Å². The van der Waals surface area contributed by atoms with Crippen LogP contribution in [0, 0.1) is 22.7 Å². The Balaban J connectivity index is 2.08. The third kappa shape index (κ3) is 3.36. The maximum Gasteiger partial charge on any atom is 0.195 e. The SMILES string of the molecule is N#Cc1ccc(C(c2ccc(C#N)cc2)n2cnc(/C=N/O)n2)cc1. The van der Waals surface area contributed by atoms with Gasteiger partial charge < -0.3 is 5.21 Å². The topological polar surface area (TPSA) is 111 Å². The molecule has 3 rings (SSSR count). The van der Waals surface area contributed by atoms with Crippen molar-refractivity contribution in [1.29, 1.82) is 10.5 Å². The first-order valence-electron chi connectivity index (χ1n) is 7.34. The third-order valence-corrected chi connectivity index (χ3v) is 3.68. The van der Waals surface area contributed by atoms with E-state index in [-0.39, 0.29) is 11.9 Å². The first-order chi connectivity index (χ1) is 12.2. The van der Waals surface area contributed by atoms with E-state index in [1.54, 1.807) is 28.9 Å². The molecule has 120 valence electrons. The normalized spacial score (nSPS) is 10.7. The number of hydrogen-bond donors (Lipinski definition) is 1. The molecule has 1 N–H and O–H groups in total. The number of hydrogen-bond acceptors (Lipinski definition) is 6. The molecular weight excluding hydrogens is 316 g/mol. The highest BCUT2D eigenvalue weighted by atomic mass is 16.4. The summed E-state index contributed by atoms with van der Waals surface area (Å²) < 4.78 is 1.64. The standard InChI is InChI=1S/C18H12N6O/c19-9-13-1-5-15(6-2-13)18(16-7-3-14(10-20)4-8-16)24-12-21-17(23-24)11-22-25/h1-8,11-12,18,25H/b22-11+. The van der Waals surface area contributed by atoms with E-state index >= 15 is 0 Å². The predicted octanol–water partition coefficient (Wildman–Crippen LogP) is 2.47. The smallest absolute Gasteiger partial charge is 0.195 e. The van der Waals surface area contributed by atoms with Crippen molar-refractivity contribution in [3.63, 3.8) is 0 Å². The lowest BCUT2D eigenvalue weighted by atomic mass is 9.97. The summed E-state index contributed by atoms with van der Waals surface area (Å²) in [7, 11) is 0. The Hall–Kier alpha value is -3.97. The van der Waals surface area contributed by atoms with E-state index in [1.165, 1.54) is 6.33 Å². The van der Waals surface area contributed by atoms with Crippen LogP contribution in [0.3, 0.4) is 0 Å². The van der Waals surface area contributed by atoms with Gasteiger partial charge in [0.15, 0.2) is 5.82 Å². The van der Waals surface area contributed by atoms with Gasteiger partial charge in [-0.25, -0.2) is 9.67 Å². The zero-order valence-corrected chi connectivity index (χ0v) is 13.0. The van der Waals surface area contributed by atoms with Crippen molar-refractivity contribution in [2.24, 2.45) is 5.16 Å². The molecule has 0 aliphatic rings. The van der Waals surface area contributed by atoms with E-state index in [0.717, 1.165) is 17.3 Å². The molecule has 0 atom stereocenters. The second-order valence-corrected chi connectivity index (χ2v) is 5.20. The second-order valence-electron chi connectivity index (χ2n) is 5.20.